The highest BCUT2D eigenvalue weighted by Gasteiger charge is 1.96. The molecule has 1 aromatic rings. The van der Waals surface area contributed by atoms with E-state index in [0.29, 0.717) is 0 Å². The summed E-state index contributed by atoms with van der Waals surface area (Å²) in [5, 5.41) is 8.40. The van der Waals surface area contributed by atoms with E-state index < -0.39 is 0 Å². The first kappa shape index (κ1) is 6.74. The van der Waals surface area contributed by atoms with Gasteiger partial charge in [0.2, 0.25) is 0 Å². The second-order valence-corrected chi connectivity index (χ2v) is 2.23. The number of halogens is 1. The molecule has 0 amide bonds. The van der Waals surface area contributed by atoms with Crippen molar-refractivity contribution in [3.8, 4) is 0 Å². The molecule has 0 aromatic carbocycles. The summed E-state index contributed by atoms with van der Waals surface area (Å²) in [7, 11) is 0. The number of rotatable bonds is 2. The Morgan fingerprint density at radius 2 is 2.56 bits per heavy atom. The molecule has 3 nitrogen and oxygen atoms in total. The first-order valence-electron chi connectivity index (χ1n) is 2.81. The molecule has 4 heteroatoms. The van der Waals surface area contributed by atoms with Crippen LogP contribution in [0.2, 0.25) is 0 Å². The van der Waals surface area contributed by atoms with Gasteiger partial charge < -0.3 is 4.57 Å². The van der Waals surface area contributed by atoms with Crippen LogP contribution in [0.3, 0.4) is 0 Å². The predicted octanol–water partition coefficient (Wildman–Crippen LogP) is 1.19. The van der Waals surface area contributed by atoms with E-state index in [4.69, 9.17) is 0 Å². The minimum atomic E-state index is 0.779. The predicted molar refractivity (Wildman–Crippen MR) is 38.3 cm³/mol. The lowest BCUT2D eigenvalue weighted by molar-refractivity contribution is 0.726. The third kappa shape index (κ3) is 1.30. The normalized spacial score (nSPS) is 10.0. The van der Waals surface area contributed by atoms with Crippen LogP contribution in [0.5, 0.6) is 0 Å². The molecule has 1 rings (SSSR count). The zero-order chi connectivity index (χ0) is 6.69. The molecule has 0 saturated heterocycles. The molecule has 0 atom stereocenters. The fourth-order valence-corrected chi connectivity index (χ4v) is 1.08. The lowest BCUT2D eigenvalue weighted by Gasteiger charge is -1.96. The lowest BCUT2D eigenvalue weighted by Crippen LogP contribution is -1.96. The van der Waals surface area contributed by atoms with E-state index in [-0.39, 0.29) is 0 Å². The maximum Gasteiger partial charge on any atom is 0.143 e. The Morgan fingerprint density at radius 1 is 1.78 bits per heavy atom. The molecule has 0 fully saturated rings. The van der Waals surface area contributed by atoms with Gasteiger partial charge in [0, 0.05) is 6.54 Å². The standard InChI is InChI=1S/C5H8BrN3/c1-2-9-4-7-8-5(9)3-6/h4H,2-3H2,1H3. The van der Waals surface area contributed by atoms with E-state index in [0.717, 1.165) is 17.7 Å². The van der Waals surface area contributed by atoms with Crippen LogP contribution >= 0.6 is 15.9 Å². The Bertz CT molecular complexity index is 166. The van der Waals surface area contributed by atoms with Crippen LogP contribution in [0.25, 0.3) is 0 Å². The van der Waals surface area contributed by atoms with E-state index in [2.05, 4.69) is 33.1 Å². The molecular formula is C5H8BrN3. The number of hydrogen-bond donors (Lipinski definition) is 0. The molecule has 0 radical (unpaired) electrons. The highest BCUT2D eigenvalue weighted by Crippen LogP contribution is 1.99. The number of alkyl halides is 1. The summed E-state index contributed by atoms with van der Waals surface area (Å²) in [6.45, 7) is 3.00. The summed E-state index contributed by atoms with van der Waals surface area (Å²) >= 11 is 3.30. The third-order valence-corrected chi connectivity index (χ3v) is 1.66. The van der Waals surface area contributed by atoms with Crippen molar-refractivity contribution in [2.75, 3.05) is 0 Å². The number of aryl methyl sites for hydroxylation is 1. The average molecular weight is 190 g/mol. The van der Waals surface area contributed by atoms with Gasteiger partial charge in [0.15, 0.2) is 0 Å². The van der Waals surface area contributed by atoms with Crippen LogP contribution in [0, 0.1) is 0 Å². The molecule has 0 aliphatic rings. The Hall–Kier alpha value is -0.380. The molecule has 1 heterocycles. The first-order valence-corrected chi connectivity index (χ1v) is 3.93. The van der Waals surface area contributed by atoms with Gasteiger partial charge in [-0.25, -0.2) is 0 Å². The molecule has 0 N–H and O–H groups in total. The Labute approximate surface area is 62.2 Å². The lowest BCUT2D eigenvalue weighted by atomic mass is 10.6. The molecule has 0 spiro atoms. The van der Waals surface area contributed by atoms with Gasteiger partial charge in [-0.2, -0.15) is 0 Å². The van der Waals surface area contributed by atoms with Gasteiger partial charge in [-0.3, -0.25) is 0 Å². The number of hydrogen-bond acceptors (Lipinski definition) is 2. The summed E-state index contributed by atoms with van der Waals surface area (Å²) in [6.07, 6.45) is 1.73. The topological polar surface area (TPSA) is 30.7 Å². The molecule has 0 unspecified atom stereocenters. The largest absolute Gasteiger partial charge is 0.317 e. The van der Waals surface area contributed by atoms with Crippen LogP contribution in [0.1, 0.15) is 12.7 Å². The van der Waals surface area contributed by atoms with Crippen molar-refractivity contribution in [2.24, 2.45) is 0 Å². The van der Waals surface area contributed by atoms with E-state index in [9.17, 15) is 0 Å². The zero-order valence-corrected chi connectivity index (χ0v) is 6.80. The van der Waals surface area contributed by atoms with Crippen molar-refractivity contribution in [3.63, 3.8) is 0 Å². The van der Waals surface area contributed by atoms with Crippen LogP contribution in [0.15, 0.2) is 6.33 Å². The van der Waals surface area contributed by atoms with Gasteiger partial charge in [-0.05, 0) is 6.92 Å². The Morgan fingerprint density at radius 3 is 3.00 bits per heavy atom. The van der Waals surface area contributed by atoms with Crippen LogP contribution < -0.4 is 0 Å². The van der Waals surface area contributed by atoms with Gasteiger partial charge in [0.1, 0.15) is 12.2 Å². The van der Waals surface area contributed by atoms with E-state index in [1.807, 2.05) is 4.57 Å². The molecule has 0 bridgehead atoms. The van der Waals surface area contributed by atoms with Crippen LogP contribution in [-0.2, 0) is 11.9 Å². The minimum absolute atomic E-state index is 0.779. The summed E-state index contributed by atoms with van der Waals surface area (Å²) in [6, 6.07) is 0. The summed E-state index contributed by atoms with van der Waals surface area (Å²) in [4.78, 5) is 0. The van der Waals surface area contributed by atoms with E-state index >= 15 is 0 Å². The highest BCUT2D eigenvalue weighted by atomic mass is 79.9. The molecule has 50 valence electrons. The smallest absolute Gasteiger partial charge is 0.143 e. The Kier molecular flexibility index (Phi) is 2.22. The molecule has 1 aromatic heterocycles. The maximum atomic E-state index is 3.87. The summed E-state index contributed by atoms with van der Waals surface area (Å²) in [5.41, 5.74) is 0. The van der Waals surface area contributed by atoms with Gasteiger partial charge in [0.05, 0.1) is 5.33 Å². The SMILES string of the molecule is CCn1cnnc1CBr. The molecule has 0 saturated carbocycles. The molecule has 0 aliphatic heterocycles. The fourth-order valence-electron chi connectivity index (χ4n) is 0.647. The van der Waals surface area contributed by atoms with Gasteiger partial charge in [-0.1, -0.05) is 15.9 Å². The molecule has 9 heavy (non-hydrogen) atoms. The van der Waals surface area contributed by atoms with E-state index in [1.54, 1.807) is 6.33 Å². The third-order valence-electron chi connectivity index (χ3n) is 1.16. The van der Waals surface area contributed by atoms with Crippen molar-refractivity contribution in [1.82, 2.24) is 14.8 Å². The van der Waals surface area contributed by atoms with Crippen molar-refractivity contribution < 1.29 is 0 Å². The van der Waals surface area contributed by atoms with Gasteiger partial charge in [0.25, 0.3) is 0 Å². The number of aromatic nitrogens is 3. The second kappa shape index (κ2) is 2.96. The first-order chi connectivity index (χ1) is 4.38. The van der Waals surface area contributed by atoms with Crippen LogP contribution in [0.4, 0.5) is 0 Å². The van der Waals surface area contributed by atoms with Crippen molar-refractivity contribution in [2.45, 2.75) is 18.8 Å². The maximum absolute atomic E-state index is 3.87. The second-order valence-electron chi connectivity index (χ2n) is 1.67. The zero-order valence-electron chi connectivity index (χ0n) is 5.21. The quantitative estimate of drug-likeness (QED) is 0.656. The Balaban J connectivity index is 2.85. The molecular weight excluding hydrogens is 182 g/mol. The molecule has 0 aliphatic carbocycles. The monoisotopic (exact) mass is 189 g/mol. The average Bonchev–Trinajstić information content (AvgIpc) is 2.33. The van der Waals surface area contributed by atoms with E-state index in [1.165, 1.54) is 0 Å². The minimum Gasteiger partial charge on any atom is -0.317 e. The highest BCUT2D eigenvalue weighted by molar-refractivity contribution is 9.08. The summed E-state index contributed by atoms with van der Waals surface area (Å²) < 4.78 is 1.99. The van der Waals surface area contributed by atoms with Crippen molar-refractivity contribution in [1.29, 1.82) is 0 Å². The van der Waals surface area contributed by atoms with Crippen molar-refractivity contribution >= 4 is 15.9 Å². The van der Waals surface area contributed by atoms with Gasteiger partial charge >= 0.3 is 0 Å². The van der Waals surface area contributed by atoms with Crippen LogP contribution in [-0.4, -0.2) is 14.8 Å². The van der Waals surface area contributed by atoms with Crippen molar-refractivity contribution in [3.05, 3.63) is 12.2 Å². The van der Waals surface area contributed by atoms with Gasteiger partial charge in [-0.15, -0.1) is 10.2 Å². The number of nitrogens with zero attached hydrogens (tertiary/aromatic N) is 3. The fraction of sp³-hybridized carbons (Fsp3) is 0.600. The summed E-state index contributed by atoms with van der Waals surface area (Å²) in [5.74, 6) is 0.984.